The van der Waals surface area contributed by atoms with E-state index in [0.29, 0.717) is 19.3 Å². The second-order valence-electron chi connectivity index (χ2n) is 10.5. The molecule has 31 heavy (non-hydrogen) atoms. The molecule has 6 aliphatic rings. The molecule has 0 N–H and O–H groups in total. The van der Waals surface area contributed by atoms with Crippen molar-refractivity contribution in [1.29, 1.82) is 0 Å². The fourth-order valence-corrected chi connectivity index (χ4v) is 8.23. The summed E-state index contributed by atoms with van der Waals surface area (Å²) < 4.78 is 23.9. The quantitative estimate of drug-likeness (QED) is 0.468. The second kappa shape index (κ2) is 6.22. The van der Waals surface area contributed by atoms with Crippen LogP contribution in [0.2, 0.25) is 0 Å². The van der Waals surface area contributed by atoms with E-state index in [9.17, 15) is 14.4 Å². The minimum Gasteiger partial charge on any atom is -0.350 e. The molecule has 7 atom stereocenters. The maximum absolute atomic E-state index is 13.9. The smallest absolute Gasteiger partial charge is 0.226 e. The Kier molecular flexibility index (Phi) is 4.01. The third-order valence-corrected chi connectivity index (χ3v) is 9.52. The number of allylic oxidation sites excluding steroid dienone is 4. The van der Waals surface area contributed by atoms with E-state index in [2.05, 4.69) is 6.92 Å². The minimum atomic E-state index is -0.949. The number of hydrogen-bond acceptors (Lipinski definition) is 7. The van der Waals surface area contributed by atoms with Crippen molar-refractivity contribution in [3.05, 3.63) is 23.3 Å². The predicted octanol–water partition coefficient (Wildman–Crippen LogP) is 2.49. The van der Waals surface area contributed by atoms with Crippen molar-refractivity contribution in [2.45, 2.75) is 57.3 Å². The Bertz CT molecular complexity index is 938. The summed E-state index contributed by atoms with van der Waals surface area (Å²) in [4.78, 5) is 37.7. The van der Waals surface area contributed by atoms with E-state index in [-0.39, 0.29) is 48.5 Å². The summed E-state index contributed by atoms with van der Waals surface area (Å²) in [6.45, 7) is 4.83. The van der Waals surface area contributed by atoms with E-state index >= 15 is 0 Å². The highest BCUT2D eigenvalue weighted by molar-refractivity contribution is 6.18. The Morgan fingerprint density at radius 1 is 1.10 bits per heavy atom. The molecule has 5 fully saturated rings. The number of hydrogen-bond donors (Lipinski definition) is 0. The first-order valence-electron chi connectivity index (χ1n) is 11.3. The molecule has 2 spiro atoms. The van der Waals surface area contributed by atoms with E-state index in [0.717, 1.165) is 31.3 Å². The van der Waals surface area contributed by atoms with Crippen molar-refractivity contribution in [1.82, 2.24) is 0 Å². The third-order valence-electron chi connectivity index (χ3n) is 9.52. The molecule has 4 aliphatic carbocycles. The zero-order chi connectivity index (χ0) is 21.6. The van der Waals surface area contributed by atoms with Crippen molar-refractivity contribution < 1.29 is 33.3 Å². The molecule has 166 valence electrons. The van der Waals surface area contributed by atoms with E-state index in [1.807, 2.05) is 6.92 Å². The van der Waals surface area contributed by atoms with Crippen LogP contribution in [0.5, 0.6) is 0 Å². The lowest BCUT2D eigenvalue weighted by molar-refractivity contribution is -0.245. The number of fused-ring (bicyclic) bond motifs is 7. The van der Waals surface area contributed by atoms with Crippen LogP contribution >= 0.6 is 0 Å². The molecule has 0 radical (unpaired) electrons. The SMILES string of the molecule is C[C@]12C=C(C=O)C(=O)C=C1CCC1C2C(=O)C[C@@]2(C)C1CC[C@@]21OCOC12COCO2. The van der Waals surface area contributed by atoms with Crippen LogP contribution in [0.25, 0.3) is 0 Å². The number of aldehydes is 1. The first kappa shape index (κ1) is 20.0. The highest BCUT2D eigenvalue weighted by Gasteiger charge is 2.76. The lowest BCUT2D eigenvalue weighted by Crippen LogP contribution is -2.65. The Labute approximate surface area is 181 Å². The molecule has 0 bridgehead atoms. The highest BCUT2D eigenvalue weighted by atomic mass is 16.9. The van der Waals surface area contributed by atoms with Gasteiger partial charge in [0.25, 0.3) is 0 Å². The normalized spacial score (nSPS) is 50.8. The van der Waals surface area contributed by atoms with Gasteiger partial charge in [0.15, 0.2) is 25.7 Å². The summed E-state index contributed by atoms with van der Waals surface area (Å²) in [6, 6.07) is 0. The lowest BCUT2D eigenvalue weighted by Gasteiger charge is -2.58. The number of ketones is 2. The molecule has 7 nitrogen and oxygen atoms in total. The molecule has 2 aliphatic heterocycles. The zero-order valence-electron chi connectivity index (χ0n) is 18.0. The first-order chi connectivity index (χ1) is 14.8. The van der Waals surface area contributed by atoms with Gasteiger partial charge in [-0.05, 0) is 43.6 Å². The highest BCUT2D eigenvalue weighted by Crippen LogP contribution is 2.70. The predicted molar refractivity (Wildman–Crippen MR) is 106 cm³/mol. The van der Waals surface area contributed by atoms with Gasteiger partial charge < -0.3 is 18.9 Å². The van der Waals surface area contributed by atoms with Gasteiger partial charge in [0.05, 0.1) is 5.57 Å². The van der Waals surface area contributed by atoms with Gasteiger partial charge >= 0.3 is 0 Å². The average molecular weight is 428 g/mol. The maximum Gasteiger partial charge on any atom is 0.226 e. The monoisotopic (exact) mass is 428 g/mol. The topological polar surface area (TPSA) is 88.1 Å². The maximum atomic E-state index is 13.9. The first-order valence-corrected chi connectivity index (χ1v) is 11.3. The van der Waals surface area contributed by atoms with Crippen molar-refractivity contribution in [2.24, 2.45) is 28.6 Å². The van der Waals surface area contributed by atoms with Crippen LogP contribution < -0.4 is 0 Å². The summed E-state index contributed by atoms with van der Waals surface area (Å²) in [5, 5.41) is 0. The van der Waals surface area contributed by atoms with Gasteiger partial charge in [-0.2, -0.15) is 0 Å². The van der Waals surface area contributed by atoms with E-state index in [4.69, 9.17) is 18.9 Å². The molecule has 6 rings (SSSR count). The summed E-state index contributed by atoms with van der Waals surface area (Å²) in [5.41, 5.74) is -0.559. The molecule has 2 saturated heterocycles. The van der Waals surface area contributed by atoms with Crippen LogP contribution in [0.15, 0.2) is 23.3 Å². The lowest BCUT2D eigenvalue weighted by atomic mass is 9.46. The van der Waals surface area contributed by atoms with Gasteiger partial charge in [0.2, 0.25) is 5.79 Å². The van der Waals surface area contributed by atoms with Gasteiger partial charge in [0, 0.05) is 23.2 Å². The number of carbonyl (C=O) groups excluding carboxylic acids is 3. The Balaban J connectivity index is 1.43. The molecule has 7 heteroatoms. The van der Waals surface area contributed by atoms with Crippen molar-refractivity contribution in [2.75, 3.05) is 20.2 Å². The molecule has 0 amide bonds. The van der Waals surface area contributed by atoms with Crippen LogP contribution in [-0.2, 0) is 33.3 Å². The number of rotatable bonds is 1. The fourth-order valence-electron chi connectivity index (χ4n) is 8.23. The summed E-state index contributed by atoms with van der Waals surface area (Å²) in [6.07, 6.45) is 7.68. The van der Waals surface area contributed by atoms with Crippen molar-refractivity contribution in [3.63, 3.8) is 0 Å². The summed E-state index contributed by atoms with van der Waals surface area (Å²) >= 11 is 0. The molecule has 2 heterocycles. The van der Waals surface area contributed by atoms with Crippen LogP contribution in [0.1, 0.15) is 46.0 Å². The van der Waals surface area contributed by atoms with E-state index in [1.54, 1.807) is 12.2 Å². The Hall–Kier alpha value is -1.67. The van der Waals surface area contributed by atoms with Gasteiger partial charge in [-0.15, -0.1) is 0 Å². The van der Waals surface area contributed by atoms with Crippen molar-refractivity contribution >= 4 is 17.9 Å². The molecule has 4 unspecified atom stereocenters. The largest absolute Gasteiger partial charge is 0.350 e. The average Bonchev–Trinajstić information content (AvgIpc) is 3.42. The fraction of sp³-hybridized carbons (Fsp3) is 0.708. The zero-order valence-corrected chi connectivity index (χ0v) is 18.0. The molecular formula is C24H28O7. The Morgan fingerprint density at radius 3 is 2.65 bits per heavy atom. The third kappa shape index (κ3) is 2.21. The van der Waals surface area contributed by atoms with Crippen LogP contribution in [0, 0.1) is 28.6 Å². The van der Waals surface area contributed by atoms with Crippen LogP contribution in [0.3, 0.4) is 0 Å². The number of carbonyl (C=O) groups is 3. The van der Waals surface area contributed by atoms with E-state index in [1.165, 1.54) is 0 Å². The van der Waals surface area contributed by atoms with Crippen LogP contribution in [0.4, 0.5) is 0 Å². The van der Waals surface area contributed by atoms with Gasteiger partial charge in [0.1, 0.15) is 18.0 Å². The molecular weight excluding hydrogens is 400 g/mol. The standard InChI is InChI=1S/C24H28O7/c1-21-8-14(10-25)18(26)7-15(21)3-4-16-17-5-6-23(22(17,2)9-19(27)20(16)21)24(31-13-29-23)11-28-12-30-24/h7-8,10,16-17,20H,3-6,9,11-13H2,1-2H3/t16?,17?,20?,21-,22-,23+,24?/m0/s1. The summed E-state index contributed by atoms with van der Waals surface area (Å²) in [5.74, 6) is -0.822. The number of Topliss-reactive ketones (excluding diaryl/α,β-unsaturated/α-hetero) is 1. The van der Waals surface area contributed by atoms with Gasteiger partial charge in [-0.1, -0.05) is 25.5 Å². The molecule has 3 saturated carbocycles. The minimum absolute atomic E-state index is 0.145. The summed E-state index contributed by atoms with van der Waals surface area (Å²) in [7, 11) is 0. The van der Waals surface area contributed by atoms with E-state index < -0.39 is 22.2 Å². The number of ether oxygens (including phenoxy) is 4. The molecule has 0 aromatic rings. The molecule has 0 aromatic heterocycles. The second-order valence-corrected chi connectivity index (χ2v) is 10.5. The van der Waals surface area contributed by atoms with Crippen LogP contribution in [-0.4, -0.2) is 49.4 Å². The van der Waals surface area contributed by atoms with Gasteiger partial charge in [-0.3, -0.25) is 14.4 Å². The van der Waals surface area contributed by atoms with Gasteiger partial charge in [-0.25, -0.2) is 0 Å². The Morgan fingerprint density at radius 2 is 1.90 bits per heavy atom. The van der Waals surface area contributed by atoms with Crippen molar-refractivity contribution in [3.8, 4) is 0 Å². The molecule has 0 aromatic carbocycles.